The van der Waals surface area contributed by atoms with Gasteiger partial charge in [0, 0.05) is 0 Å². The molecule has 0 saturated heterocycles. The van der Waals surface area contributed by atoms with Crippen molar-refractivity contribution in [2.45, 2.75) is 32.2 Å². The molecule has 1 atom stereocenters. The summed E-state index contributed by atoms with van der Waals surface area (Å²) in [5, 5.41) is 22.5. The Morgan fingerprint density at radius 2 is 1.64 bits per heavy atom. The van der Waals surface area contributed by atoms with Crippen molar-refractivity contribution in [3.63, 3.8) is 0 Å². The highest BCUT2D eigenvalue weighted by Crippen LogP contribution is 2.36. The molecule has 0 aliphatic rings. The second-order valence-corrected chi connectivity index (χ2v) is 10.8. The van der Waals surface area contributed by atoms with Gasteiger partial charge in [0.15, 0.2) is 5.75 Å². The maximum absolute atomic E-state index is 11.6. The van der Waals surface area contributed by atoms with Crippen LogP contribution >= 0.6 is 90.4 Å². The van der Waals surface area contributed by atoms with Gasteiger partial charge in [-0.2, -0.15) is 0 Å². The molecule has 5 nitrogen and oxygen atoms in total. The zero-order chi connectivity index (χ0) is 20.8. The van der Waals surface area contributed by atoms with Crippen LogP contribution in [-0.4, -0.2) is 28.8 Å². The lowest BCUT2D eigenvalue weighted by molar-refractivity contribution is -0.139. The number of phenolic OH excluding ortho intramolecular Hbond substituents is 1. The number of aromatic hydroxyl groups is 1. The van der Waals surface area contributed by atoms with E-state index in [1.54, 1.807) is 12.1 Å². The highest BCUT2D eigenvalue weighted by Gasteiger charge is 2.19. The summed E-state index contributed by atoms with van der Waals surface area (Å²) in [5.41, 5.74) is 0.951. The fourth-order valence-electron chi connectivity index (χ4n) is 2.48. The summed E-state index contributed by atoms with van der Waals surface area (Å²) in [6.45, 7) is 2.78. The first-order valence-corrected chi connectivity index (χ1v) is 12.8. The topological polar surface area (TPSA) is 78.8 Å². The number of aliphatic carboxylic acids is 1. The quantitative estimate of drug-likeness (QED) is 0.214. The number of nitrogens with one attached hydrogen (secondary N) is 1. The van der Waals surface area contributed by atoms with Crippen LogP contribution in [0.2, 0.25) is 0 Å². The highest BCUT2D eigenvalue weighted by atomic mass is 127. The van der Waals surface area contributed by atoms with Crippen LogP contribution in [0, 0.1) is 14.3 Å². The average molecular weight is 833 g/mol. The van der Waals surface area contributed by atoms with Gasteiger partial charge in [0.2, 0.25) is 0 Å². The highest BCUT2D eigenvalue weighted by molar-refractivity contribution is 14.1. The molecule has 0 amide bonds. The Hall–Kier alpha value is 0.390. The number of hydrogen-bond acceptors (Lipinski definition) is 4. The van der Waals surface area contributed by atoms with E-state index in [1.165, 1.54) is 0 Å². The molecular weight excluding hydrogens is 814 g/mol. The molecule has 0 radical (unpaired) electrons. The molecule has 0 bridgehead atoms. The standard InChI is InChI=1S/C19H19I4NO4/c1-2-3-4-24-16(19(26)27)7-10-5-14(22)18(15(23)6-10)28-11-8-12(20)17(25)13(21)9-11/h5-6,8-9,16,24-25H,2-4,7H2,1H3,(H,26,27)/t16-/m0/s1. The van der Waals surface area contributed by atoms with E-state index in [2.05, 4.69) is 103 Å². The Morgan fingerprint density at radius 3 is 2.14 bits per heavy atom. The number of carboxylic acids is 1. The van der Waals surface area contributed by atoms with Crippen molar-refractivity contribution < 1.29 is 19.7 Å². The number of carboxylic acid groups (broad SMARTS) is 1. The molecule has 0 aromatic heterocycles. The van der Waals surface area contributed by atoms with Crippen molar-refractivity contribution >= 4 is 96.3 Å². The number of unbranched alkanes of at least 4 members (excludes halogenated alkanes) is 1. The van der Waals surface area contributed by atoms with Gasteiger partial charge < -0.3 is 20.3 Å². The van der Waals surface area contributed by atoms with E-state index >= 15 is 0 Å². The molecule has 0 saturated carbocycles. The molecular formula is C19H19I4NO4. The van der Waals surface area contributed by atoms with E-state index < -0.39 is 12.0 Å². The third-order valence-electron chi connectivity index (χ3n) is 3.93. The lowest BCUT2D eigenvalue weighted by Crippen LogP contribution is -2.39. The second kappa shape index (κ2) is 11.7. The van der Waals surface area contributed by atoms with Gasteiger partial charge in [-0.15, -0.1) is 0 Å². The number of carbonyl (C=O) groups is 1. The summed E-state index contributed by atoms with van der Waals surface area (Å²) < 4.78 is 9.35. The van der Waals surface area contributed by atoms with Crippen molar-refractivity contribution in [2.24, 2.45) is 0 Å². The maximum Gasteiger partial charge on any atom is 0.321 e. The molecule has 152 valence electrons. The number of ether oxygens (including phenoxy) is 1. The normalized spacial score (nSPS) is 12.0. The van der Waals surface area contributed by atoms with Crippen molar-refractivity contribution in [2.75, 3.05) is 6.54 Å². The first kappa shape index (κ1) is 24.7. The van der Waals surface area contributed by atoms with Crippen LogP contribution in [0.1, 0.15) is 25.3 Å². The monoisotopic (exact) mass is 833 g/mol. The van der Waals surface area contributed by atoms with Crippen LogP contribution in [0.5, 0.6) is 17.2 Å². The zero-order valence-electron chi connectivity index (χ0n) is 14.9. The van der Waals surface area contributed by atoms with Gasteiger partial charge in [-0.1, -0.05) is 13.3 Å². The summed E-state index contributed by atoms with van der Waals surface area (Å²) in [5.74, 6) is 0.797. The van der Waals surface area contributed by atoms with Crippen molar-refractivity contribution in [1.82, 2.24) is 5.32 Å². The van der Waals surface area contributed by atoms with Crippen LogP contribution in [0.25, 0.3) is 0 Å². The zero-order valence-corrected chi connectivity index (χ0v) is 23.6. The molecule has 0 spiro atoms. The van der Waals surface area contributed by atoms with Gasteiger partial charge in [0.05, 0.1) is 14.3 Å². The third-order valence-corrected chi connectivity index (χ3v) is 7.17. The summed E-state index contributed by atoms with van der Waals surface area (Å²) in [7, 11) is 0. The van der Waals surface area contributed by atoms with Gasteiger partial charge >= 0.3 is 5.97 Å². The molecule has 28 heavy (non-hydrogen) atoms. The van der Waals surface area contributed by atoms with E-state index in [-0.39, 0.29) is 5.75 Å². The molecule has 2 rings (SSSR count). The number of halogens is 4. The molecule has 3 N–H and O–H groups in total. The lowest BCUT2D eigenvalue weighted by atomic mass is 10.1. The fourth-order valence-corrected chi connectivity index (χ4v) is 6.31. The van der Waals surface area contributed by atoms with Gasteiger partial charge in [-0.05, 0) is 140 Å². The minimum atomic E-state index is -0.838. The van der Waals surface area contributed by atoms with Crippen LogP contribution in [0.3, 0.4) is 0 Å². The largest absolute Gasteiger partial charge is 0.506 e. The first-order chi connectivity index (χ1) is 13.2. The van der Waals surface area contributed by atoms with Gasteiger partial charge in [-0.3, -0.25) is 4.79 Å². The minimum Gasteiger partial charge on any atom is -0.506 e. The summed E-state index contributed by atoms with van der Waals surface area (Å²) in [6.07, 6.45) is 2.40. The van der Waals surface area contributed by atoms with E-state index in [0.717, 1.165) is 38.4 Å². The first-order valence-electron chi connectivity index (χ1n) is 8.52. The Balaban J connectivity index is 2.21. The third kappa shape index (κ3) is 6.97. The smallest absolute Gasteiger partial charge is 0.321 e. The van der Waals surface area contributed by atoms with Crippen molar-refractivity contribution in [3.8, 4) is 17.2 Å². The molecule has 0 fully saturated rings. The maximum atomic E-state index is 11.6. The average Bonchev–Trinajstić information content (AvgIpc) is 2.61. The summed E-state index contributed by atoms with van der Waals surface area (Å²) in [4.78, 5) is 11.6. The Morgan fingerprint density at radius 1 is 1.07 bits per heavy atom. The number of rotatable bonds is 9. The summed E-state index contributed by atoms with van der Waals surface area (Å²) in [6, 6.07) is 6.90. The lowest BCUT2D eigenvalue weighted by Gasteiger charge is -2.17. The number of benzene rings is 2. The number of phenols is 1. The van der Waals surface area contributed by atoms with Crippen LogP contribution in [-0.2, 0) is 11.2 Å². The van der Waals surface area contributed by atoms with Crippen LogP contribution in [0.15, 0.2) is 24.3 Å². The predicted molar refractivity (Wildman–Crippen MR) is 144 cm³/mol. The molecule has 0 aliphatic heterocycles. The Kier molecular flexibility index (Phi) is 10.3. The van der Waals surface area contributed by atoms with E-state index in [4.69, 9.17) is 4.74 Å². The molecule has 0 heterocycles. The molecule has 2 aromatic carbocycles. The predicted octanol–water partition coefficient (Wildman–Crippen LogP) is 5.99. The van der Waals surface area contributed by atoms with Gasteiger partial charge in [0.25, 0.3) is 0 Å². The van der Waals surface area contributed by atoms with Gasteiger partial charge in [0.1, 0.15) is 17.5 Å². The van der Waals surface area contributed by atoms with E-state index in [0.29, 0.717) is 18.7 Å². The van der Waals surface area contributed by atoms with Crippen LogP contribution in [0.4, 0.5) is 0 Å². The van der Waals surface area contributed by atoms with Crippen molar-refractivity contribution in [3.05, 3.63) is 44.1 Å². The van der Waals surface area contributed by atoms with E-state index in [1.807, 2.05) is 12.1 Å². The molecule has 9 heteroatoms. The Labute approximate surface area is 219 Å². The number of hydrogen-bond donors (Lipinski definition) is 3. The molecule has 2 aromatic rings. The van der Waals surface area contributed by atoms with Crippen molar-refractivity contribution in [1.29, 1.82) is 0 Å². The fraction of sp³-hybridized carbons (Fsp3) is 0.316. The summed E-state index contributed by atoms with van der Waals surface area (Å²) >= 11 is 8.57. The SMILES string of the molecule is CCCCN[C@@H](Cc1cc(I)c(Oc2cc(I)c(O)c(I)c2)c(I)c1)C(=O)O. The van der Waals surface area contributed by atoms with E-state index in [9.17, 15) is 15.0 Å². The Bertz CT molecular complexity index is 814. The molecule has 0 aliphatic carbocycles. The molecule has 0 unspecified atom stereocenters. The minimum absolute atomic E-state index is 0.253. The van der Waals surface area contributed by atoms with Crippen LogP contribution < -0.4 is 10.1 Å². The van der Waals surface area contributed by atoms with Gasteiger partial charge in [-0.25, -0.2) is 0 Å². The second-order valence-electron chi connectivity index (χ2n) is 6.13.